The molecule has 0 spiro atoms. The van der Waals surface area contributed by atoms with Gasteiger partial charge in [0.05, 0.1) is 13.2 Å². The fraction of sp³-hybridized carbons (Fsp3) is 0.857. The van der Waals surface area contributed by atoms with E-state index < -0.39 is 5.60 Å². The van der Waals surface area contributed by atoms with Crippen LogP contribution >= 0.6 is 0 Å². The fourth-order valence-electron chi connectivity index (χ4n) is 1.40. The van der Waals surface area contributed by atoms with E-state index >= 15 is 0 Å². The molecule has 17 heavy (non-hydrogen) atoms. The van der Waals surface area contributed by atoms with Gasteiger partial charge in [0.15, 0.2) is 0 Å². The van der Waals surface area contributed by atoms with Crippen LogP contribution in [0.4, 0.5) is 0 Å². The molecule has 0 aromatic heterocycles. The van der Waals surface area contributed by atoms with Gasteiger partial charge >= 0.3 is 0 Å². The third-order valence-corrected chi connectivity index (χ3v) is 2.17. The molecule has 0 fully saturated rings. The van der Waals surface area contributed by atoms with E-state index in [2.05, 4.69) is 34.3 Å². The average Bonchev–Trinajstić information content (AvgIpc) is 2.16. The van der Waals surface area contributed by atoms with E-state index in [-0.39, 0.29) is 0 Å². The summed E-state index contributed by atoms with van der Waals surface area (Å²) in [5.41, 5.74) is -0.939. The molecular formula is C14H28O3. The number of aliphatic hydroxyl groups is 1. The van der Waals surface area contributed by atoms with Crippen LogP contribution in [-0.2, 0) is 9.47 Å². The zero-order valence-corrected chi connectivity index (χ0v) is 11.7. The van der Waals surface area contributed by atoms with Crippen molar-refractivity contribution in [2.75, 3.05) is 26.4 Å². The summed E-state index contributed by atoms with van der Waals surface area (Å²) in [5, 5.41) is 10.3. The lowest BCUT2D eigenvalue weighted by Gasteiger charge is -2.27. The molecule has 3 heteroatoms. The number of rotatable bonds is 10. The first kappa shape index (κ1) is 16.6. The first-order valence-corrected chi connectivity index (χ1v) is 6.38. The molecule has 0 bridgehead atoms. The van der Waals surface area contributed by atoms with E-state index in [1.165, 1.54) is 0 Å². The summed E-state index contributed by atoms with van der Waals surface area (Å²) in [4.78, 5) is 0. The van der Waals surface area contributed by atoms with E-state index in [4.69, 9.17) is 9.47 Å². The van der Waals surface area contributed by atoms with Gasteiger partial charge in [-0.25, -0.2) is 0 Å². The zero-order valence-electron chi connectivity index (χ0n) is 11.7. The monoisotopic (exact) mass is 244 g/mol. The van der Waals surface area contributed by atoms with Crippen molar-refractivity contribution >= 4 is 0 Å². The molecule has 0 rings (SSSR count). The van der Waals surface area contributed by atoms with Crippen molar-refractivity contribution in [1.82, 2.24) is 0 Å². The van der Waals surface area contributed by atoms with Gasteiger partial charge in [0, 0.05) is 13.2 Å². The molecule has 0 aliphatic carbocycles. The second-order valence-electron chi connectivity index (χ2n) is 5.54. The Morgan fingerprint density at radius 2 is 1.47 bits per heavy atom. The van der Waals surface area contributed by atoms with Gasteiger partial charge in [0.1, 0.15) is 5.60 Å². The van der Waals surface area contributed by atoms with Gasteiger partial charge in [-0.2, -0.15) is 0 Å². The molecule has 0 unspecified atom stereocenters. The minimum absolute atomic E-state index is 0.301. The standard InChI is InChI=1S/C14H28O3/c1-6-7-14(15,10-16-8-12(2)3)11-17-9-13(4)5/h6,12-13,15H,1,7-11H2,2-5H3. The molecule has 0 atom stereocenters. The summed E-state index contributed by atoms with van der Waals surface area (Å²) in [6.07, 6.45) is 2.20. The highest BCUT2D eigenvalue weighted by Crippen LogP contribution is 2.14. The van der Waals surface area contributed by atoms with Crippen molar-refractivity contribution < 1.29 is 14.6 Å². The molecule has 0 radical (unpaired) electrons. The SMILES string of the molecule is C=CCC(O)(COCC(C)C)COCC(C)C. The highest BCUT2D eigenvalue weighted by molar-refractivity contribution is 4.86. The van der Waals surface area contributed by atoms with Gasteiger partial charge < -0.3 is 14.6 Å². The Hall–Kier alpha value is -0.380. The molecule has 0 saturated heterocycles. The quantitative estimate of drug-likeness (QED) is 0.600. The first-order chi connectivity index (χ1) is 7.89. The van der Waals surface area contributed by atoms with Crippen LogP contribution in [-0.4, -0.2) is 37.1 Å². The number of hydrogen-bond acceptors (Lipinski definition) is 3. The predicted octanol–water partition coefficient (Wildman–Crippen LogP) is 2.64. The summed E-state index contributed by atoms with van der Waals surface area (Å²) in [7, 11) is 0. The minimum atomic E-state index is -0.939. The second-order valence-corrected chi connectivity index (χ2v) is 5.54. The van der Waals surface area contributed by atoms with Crippen LogP contribution < -0.4 is 0 Å². The Morgan fingerprint density at radius 3 is 1.76 bits per heavy atom. The fourth-order valence-corrected chi connectivity index (χ4v) is 1.40. The van der Waals surface area contributed by atoms with Gasteiger partial charge in [-0.05, 0) is 18.3 Å². The summed E-state index contributed by atoms with van der Waals surface area (Å²) in [6, 6.07) is 0. The molecule has 3 nitrogen and oxygen atoms in total. The molecule has 0 heterocycles. The van der Waals surface area contributed by atoms with Crippen LogP contribution in [0.15, 0.2) is 12.7 Å². The van der Waals surface area contributed by atoms with Gasteiger partial charge in [-0.15, -0.1) is 6.58 Å². The third-order valence-electron chi connectivity index (χ3n) is 2.17. The maximum Gasteiger partial charge on any atom is 0.115 e. The van der Waals surface area contributed by atoms with Crippen molar-refractivity contribution in [3.05, 3.63) is 12.7 Å². The highest BCUT2D eigenvalue weighted by atomic mass is 16.5. The summed E-state index contributed by atoms with van der Waals surface area (Å²) in [5.74, 6) is 0.944. The van der Waals surface area contributed by atoms with Crippen molar-refractivity contribution in [2.24, 2.45) is 11.8 Å². The van der Waals surface area contributed by atoms with Crippen LogP contribution in [0.5, 0.6) is 0 Å². The van der Waals surface area contributed by atoms with Crippen molar-refractivity contribution in [3.63, 3.8) is 0 Å². The molecule has 0 saturated carbocycles. The van der Waals surface area contributed by atoms with Crippen LogP contribution in [0.3, 0.4) is 0 Å². The zero-order chi connectivity index (χ0) is 13.3. The first-order valence-electron chi connectivity index (χ1n) is 6.38. The van der Waals surface area contributed by atoms with Crippen molar-refractivity contribution in [3.8, 4) is 0 Å². The van der Waals surface area contributed by atoms with Gasteiger partial charge in [0.25, 0.3) is 0 Å². The Morgan fingerprint density at radius 1 is 1.06 bits per heavy atom. The lowest BCUT2D eigenvalue weighted by atomic mass is 10.0. The normalized spacial score (nSPS) is 12.4. The minimum Gasteiger partial charge on any atom is -0.385 e. The third kappa shape index (κ3) is 9.33. The predicted molar refractivity (Wildman–Crippen MR) is 71.1 cm³/mol. The lowest BCUT2D eigenvalue weighted by Crippen LogP contribution is -2.40. The van der Waals surface area contributed by atoms with Crippen LogP contribution in [0.1, 0.15) is 34.1 Å². The lowest BCUT2D eigenvalue weighted by molar-refractivity contribution is -0.0996. The average molecular weight is 244 g/mol. The number of ether oxygens (including phenoxy) is 2. The molecule has 0 amide bonds. The Balaban J connectivity index is 4.01. The summed E-state index contributed by atoms with van der Waals surface area (Å²) >= 11 is 0. The molecule has 0 aromatic carbocycles. The van der Waals surface area contributed by atoms with Gasteiger partial charge in [0.2, 0.25) is 0 Å². The van der Waals surface area contributed by atoms with E-state index in [1.54, 1.807) is 6.08 Å². The maximum atomic E-state index is 10.3. The topological polar surface area (TPSA) is 38.7 Å². The molecule has 1 N–H and O–H groups in total. The summed E-state index contributed by atoms with van der Waals surface area (Å²) < 4.78 is 11.0. The Labute approximate surface area is 106 Å². The van der Waals surface area contributed by atoms with E-state index in [0.29, 0.717) is 44.7 Å². The van der Waals surface area contributed by atoms with Crippen LogP contribution in [0, 0.1) is 11.8 Å². The van der Waals surface area contributed by atoms with E-state index in [9.17, 15) is 5.11 Å². The maximum absolute atomic E-state index is 10.3. The van der Waals surface area contributed by atoms with Crippen LogP contribution in [0.25, 0.3) is 0 Å². The largest absolute Gasteiger partial charge is 0.385 e. The Kier molecular flexibility index (Phi) is 8.48. The van der Waals surface area contributed by atoms with Gasteiger partial charge in [-0.3, -0.25) is 0 Å². The van der Waals surface area contributed by atoms with E-state index in [1.807, 2.05) is 0 Å². The number of hydrogen-bond donors (Lipinski definition) is 1. The summed E-state index contributed by atoms with van der Waals surface area (Å²) in [6.45, 7) is 13.9. The molecule has 0 aliphatic rings. The Bertz CT molecular complexity index is 186. The highest BCUT2D eigenvalue weighted by Gasteiger charge is 2.26. The molecule has 0 aromatic rings. The molecule has 102 valence electrons. The molecular weight excluding hydrogens is 216 g/mol. The smallest absolute Gasteiger partial charge is 0.115 e. The molecule has 0 aliphatic heterocycles. The van der Waals surface area contributed by atoms with Gasteiger partial charge in [-0.1, -0.05) is 33.8 Å². The van der Waals surface area contributed by atoms with Crippen LogP contribution in [0.2, 0.25) is 0 Å². The van der Waals surface area contributed by atoms with Crippen molar-refractivity contribution in [2.45, 2.75) is 39.7 Å². The van der Waals surface area contributed by atoms with Crippen molar-refractivity contribution in [1.29, 1.82) is 0 Å². The second kappa shape index (κ2) is 8.67. The van der Waals surface area contributed by atoms with E-state index in [0.717, 1.165) is 0 Å².